The Morgan fingerprint density at radius 2 is 2.14 bits per heavy atom. The third-order valence-corrected chi connectivity index (χ3v) is 7.36. The van der Waals surface area contributed by atoms with Crippen LogP contribution in [0.15, 0.2) is 67.8 Å². The predicted octanol–water partition coefficient (Wildman–Crippen LogP) is 4.44. The van der Waals surface area contributed by atoms with Crippen molar-refractivity contribution in [3.63, 3.8) is 0 Å². The molecule has 2 N–H and O–H groups in total. The first-order chi connectivity index (χ1) is 17.0. The van der Waals surface area contributed by atoms with Gasteiger partial charge in [-0.3, -0.25) is 24.8 Å². The lowest BCUT2D eigenvalue weighted by Crippen LogP contribution is -2.38. The van der Waals surface area contributed by atoms with Crippen molar-refractivity contribution < 1.29 is 9.59 Å². The number of guanidine groups is 1. The maximum absolute atomic E-state index is 11.8. The fraction of sp³-hybridized carbons (Fsp3) is 0.320. The summed E-state index contributed by atoms with van der Waals surface area (Å²) in [4.78, 5) is 39.2. The topological polar surface area (TPSA) is 99.0 Å². The van der Waals surface area contributed by atoms with E-state index in [4.69, 9.17) is 4.98 Å². The van der Waals surface area contributed by atoms with Crippen molar-refractivity contribution >= 4 is 46.9 Å². The molecule has 4 rings (SSSR count). The predicted molar refractivity (Wildman–Crippen MR) is 144 cm³/mol. The summed E-state index contributed by atoms with van der Waals surface area (Å²) in [6, 6.07) is 8.35. The van der Waals surface area contributed by atoms with Gasteiger partial charge in [0.25, 0.3) is 11.1 Å². The van der Waals surface area contributed by atoms with E-state index < -0.39 is 5.91 Å². The Bertz CT molecular complexity index is 1160. The Balaban J connectivity index is 1.26. The number of carbonyl (C=O) groups is 2. The van der Waals surface area contributed by atoms with Crippen molar-refractivity contribution in [2.75, 3.05) is 19.6 Å². The number of rotatable bonds is 7. The number of aromatic nitrogens is 1. The van der Waals surface area contributed by atoms with E-state index in [0.717, 1.165) is 62.2 Å². The minimum atomic E-state index is -0.407. The Morgan fingerprint density at radius 1 is 1.31 bits per heavy atom. The number of hydrogen-bond acceptors (Lipinski definition) is 7. The summed E-state index contributed by atoms with van der Waals surface area (Å²) >= 11 is 2.55. The highest BCUT2D eigenvalue weighted by atomic mass is 32.2. The third-order valence-electron chi connectivity index (χ3n) is 5.87. The molecule has 0 spiro atoms. The number of nitrogens with zero attached hydrogens (tertiary/aromatic N) is 4. The Labute approximate surface area is 213 Å². The summed E-state index contributed by atoms with van der Waals surface area (Å²) in [5.41, 5.74) is 3.84. The lowest BCUT2D eigenvalue weighted by atomic mass is 9.96. The maximum Gasteiger partial charge on any atom is 0.290 e. The molecule has 182 valence electrons. The molecule has 35 heavy (non-hydrogen) atoms. The van der Waals surface area contributed by atoms with Gasteiger partial charge in [0.05, 0.1) is 22.0 Å². The van der Waals surface area contributed by atoms with E-state index in [1.54, 1.807) is 23.5 Å². The summed E-state index contributed by atoms with van der Waals surface area (Å²) in [6.45, 7) is 9.05. The zero-order valence-electron chi connectivity index (χ0n) is 19.6. The number of aliphatic imine (C=N–C) groups is 2. The molecule has 2 saturated heterocycles. The van der Waals surface area contributed by atoms with Gasteiger partial charge in [0.2, 0.25) is 5.96 Å². The Kier molecular flexibility index (Phi) is 8.62. The standard InChI is InChI=1S/C25H28N6O2S2/c1-3-19(13-22-23(32)30-25(33)35-22)29-24(26-2)27-14-17-7-10-31(11-8-17)15-20-5-4-6-21(28-20)18-9-12-34-16-18/h3-6,9,12-13,16-17H,2,7-8,10-11,14-15H2,1H3,(H,27,29)(H,30,32,33)/b19-3-,22-13-. The lowest BCUT2D eigenvalue weighted by Gasteiger charge is -2.31. The van der Waals surface area contributed by atoms with E-state index >= 15 is 0 Å². The minimum absolute atomic E-state index is 0.318. The molecular formula is C25H28N6O2S2. The summed E-state index contributed by atoms with van der Waals surface area (Å²) in [5.74, 6) is 0.502. The van der Waals surface area contributed by atoms with Crippen LogP contribution >= 0.6 is 23.1 Å². The third kappa shape index (κ3) is 6.97. The van der Waals surface area contributed by atoms with Gasteiger partial charge < -0.3 is 5.32 Å². The van der Waals surface area contributed by atoms with Crippen LogP contribution in [0, 0.1) is 5.92 Å². The zero-order chi connectivity index (χ0) is 24.6. The largest absolute Gasteiger partial charge is 0.354 e. The average molecular weight is 509 g/mol. The van der Waals surface area contributed by atoms with Crippen LogP contribution in [0.25, 0.3) is 11.3 Å². The number of allylic oxidation sites excluding steroid dienone is 2. The number of thioether (sulfide) groups is 1. The molecule has 2 amide bonds. The van der Waals surface area contributed by atoms with Gasteiger partial charge in [-0.1, -0.05) is 12.1 Å². The molecule has 0 unspecified atom stereocenters. The first-order valence-electron chi connectivity index (χ1n) is 11.5. The van der Waals surface area contributed by atoms with Crippen LogP contribution in [0.5, 0.6) is 0 Å². The Morgan fingerprint density at radius 3 is 2.80 bits per heavy atom. The molecule has 2 aliphatic rings. The van der Waals surface area contributed by atoms with Gasteiger partial charge in [-0.15, -0.1) is 0 Å². The molecule has 0 radical (unpaired) electrons. The smallest absolute Gasteiger partial charge is 0.290 e. The van der Waals surface area contributed by atoms with Gasteiger partial charge in [-0.25, -0.2) is 9.98 Å². The van der Waals surface area contributed by atoms with Crippen LogP contribution in [-0.2, 0) is 11.3 Å². The average Bonchev–Trinajstić information content (AvgIpc) is 3.51. The molecule has 0 saturated carbocycles. The fourth-order valence-corrected chi connectivity index (χ4v) is 5.26. The maximum atomic E-state index is 11.8. The van der Waals surface area contributed by atoms with Crippen molar-refractivity contribution in [2.24, 2.45) is 15.9 Å². The van der Waals surface area contributed by atoms with Crippen molar-refractivity contribution in [3.05, 3.63) is 63.5 Å². The SMILES string of the molecule is C=N\C(=N/C(=C\C)/C=C1\SC(=O)NC1=O)NCC1CCN(Cc2cccc(-c3ccsc3)n2)CC1. The van der Waals surface area contributed by atoms with Crippen molar-refractivity contribution in [1.29, 1.82) is 0 Å². The van der Waals surface area contributed by atoms with Gasteiger partial charge in [-0.2, -0.15) is 11.3 Å². The Hall–Kier alpha value is -3.08. The molecule has 4 heterocycles. The number of pyridine rings is 1. The van der Waals surface area contributed by atoms with Crippen LogP contribution in [0.1, 0.15) is 25.5 Å². The fourth-order valence-electron chi connectivity index (χ4n) is 3.94. The number of hydrogen-bond donors (Lipinski definition) is 2. The quantitative estimate of drug-likeness (QED) is 0.326. The van der Waals surface area contributed by atoms with E-state index in [9.17, 15) is 9.59 Å². The molecule has 0 bridgehead atoms. The second-order valence-electron chi connectivity index (χ2n) is 8.29. The highest BCUT2D eigenvalue weighted by molar-refractivity contribution is 8.18. The number of piperidine rings is 1. The monoisotopic (exact) mass is 508 g/mol. The number of nitrogens with one attached hydrogen (secondary N) is 2. The van der Waals surface area contributed by atoms with E-state index in [1.165, 1.54) is 5.56 Å². The lowest BCUT2D eigenvalue weighted by molar-refractivity contribution is -0.115. The van der Waals surface area contributed by atoms with E-state index in [1.807, 2.05) is 6.92 Å². The number of amides is 2. The van der Waals surface area contributed by atoms with E-state index in [2.05, 4.69) is 67.3 Å². The van der Waals surface area contributed by atoms with Gasteiger partial charge in [0, 0.05) is 24.0 Å². The second kappa shape index (κ2) is 12.1. The van der Waals surface area contributed by atoms with Crippen LogP contribution in [0.4, 0.5) is 4.79 Å². The van der Waals surface area contributed by atoms with Gasteiger partial charge in [0.15, 0.2) is 0 Å². The highest BCUT2D eigenvalue weighted by Gasteiger charge is 2.25. The highest BCUT2D eigenvalue weighted by Crippen LogP contribution is 2.25. The van der Waals surface area contributed by atoms with Crippen molar-refractivity contribution in [2.45, 2.75) is 26.3 Å². The number of carbonyl (C=O) groups excluding carboxylic acids is 2. The minimum Gasteiger partial charge on any atom is -0.354 e. The molecule has 0 aromatic carbocycles. The normalized spacial score (nSPS) is 19.3. The van der Waals surface area contributed by atoms with Gasteiger partial charge >= 0.3 is 0 Å². The van der Waals surface area contributed by atoms with Crippen molar-refractivity contribution in [3.8, 4) is 11.3 Å². The molecule has 2 aromatic rings. The molecule has 10 heteroatoms. The summed E-state index contributed by atoms with van der Waals surface area (Å²) < 4.78 is 0. The van der Waals surface area contributed by atoms with Crippen LogP contribution in [-0.4, -0.2) is 53.3 Å². The second-order valence-corrected chi connectivity index (χ2v) is 10.1. The molecular weight excluding hydrogens is 480 g/mol. The van der Waals surface area contributed by atoms with Gasteiger partial charge in [0.1, 0.15) is 0 Å². The van der Waals surface area contributed by atoms with Crippen LogP contribution in [0.3, 0.4) is 0 Å². The van der Waals surface area contributed by atoms with Gasteiger partial charge in [-0.05, 0) is 86.9 Å². The van der Waals surface area contributed by atoms with Crippen LogP contribution in [0.2, 0.25) is 0 Å². The summed E-state index contributed by atoms with van der Waals surface area (Å²) in [5, 5.41) is 9.35. The molecule has 0 aliphatic carbocycles. The van der Waals surface area contributed by atoms with Crippen LogP contribution < -0.4 is 10.6 Å². The van der Waals surface area contributed by atoms with E-state index in [-0.39, 0.29) is 5.24 Å². The zero-order valence-corrected chi connectivity index (χ0v) is 21.2. The molecule has 2 fully saturated rings. The first kappa shape index (κ1) is 25.0. The molecule has 2 aliphatic heterocycles. The summed E-state index contributed by atoms with van der Waals surface area (Å²) in [7, 11) is 0. The number of thiophene rings is 1. The molecule has 0 atom stereocenters. The first-order valence-corrected chi connectivity index (χ1v) is 13.2. The molecule has 8 nitrogen and oxygen atoms in total. The number of imide groups is 1. The number of likely N-dealkylation sites (tertiary alicyclic amines) is 1. The molecule has 2 aromatic heterocycles. The van der Waals surface area contributed by atoms with Crippen molar-refractivity contribution in [1.82, 2.24) is 20.5 Å². The summed E-state index contributed by atoms with van der Waals surface area (Å²) in [6.07, 6.45) is 5.48. The van der Waals surface area contributed by atoms with E-state index in [0.29, 0.717) is 22.5 Å².